The molecular formula is C19H12BrNO. The number of para-hydroxylation sites is 2. The van der Waals surface area contributed by atoms with Crippen molar-refractivity contribution in [3.05, 3.63) is 76.8 Å². The Morgan fingerprint density at radius 2 is 1.55 bits per heavy atom. The van der Waals surface area contributed by atoms with Crippen LogP contribution in [0.25, 0.3) is 27.5 Å². The van der Waals surface area contributed by atoms with Gasteiger partial charge in [-0.25, -0.2) is 0 Å². The van der Waals surface area contributed by atoms with E-state index in [0.29, 0.717) is 5.56 Å². The molecule has 0 aliphatic carbocycles. The highest BCUT2D eigenvalue weighted by Gasteiger charge is 2.13. The second-order valence-electron chi connectivity index (χ2n) is 5.20. The fraction of sp³-hybridized carbons (Fsp3) is 0. The van der Waals surface area contributed by atoms with Crippen molar-refractivity contribution in [2.24, 2.45) is 0 Å². The van der Waals surface area contributed by atoms with Crippen LogP contribution in [-0.4, -0.2) is 10.9 Å². The van der Waals surface area contributed by atoms with Crippen LogP contribution in [0.5, 0.6) is 0 Å². The zero-order valence-corrected chi connectivity index (χ0v) is 13.2. The molecule has 106 valence electrons. The van der Waals surface area contributed by atoms with Crippen molar-refractivity contribution in [2.75, 3.05) is 0 Å². The Hall–Kier alpha value is -2.39. The SMILES string of the molecule is O=Cc1ccc(-n2c3ccccc3c3cccc(Br)c32)cc1. The van der Waals surface area contributed by atoms with Crippen LogP contribution in [0.2, 0.25) is 0 Å². The third kappa shape index (κ3) is 1.90. The predicted octanol–water partition coefficient (Wildman–Crippen LogP) is 5.36. The van der Waals surface area contributed by atoms with Crippen LogP contribution in [0.3, 0.4) is 0 Å². The topological polar surface area (TPSA) is 22.0 Å². The van der Waals surface area contributed by atoms with E-state index < -0.39 is 0 Å². The number of aldehydes is 1. The van der Waals surface area contributed by atoms with E-state index in [4.69, 9.17) is 0 Å². The second-order valence-corrected chi connectivity index (χ2v) is 6.05. The van der Waals surface area contributed by atoms with E-state index in [1.165, 1.54) is 10.8 Å². The lowest BCUT2D eigenvalue weighted by atomic mass is 10.2. The van der Waals surface area contributed by atoms with Crippen LogP contribution in [0, 0.1) is 0 Å². The van der Waals surface area contributed by atoms with Crippen molar-refractivity contribution in [1.29, 1.82) is 0 Å². The van der Waals surface area contributed by atoms with E-state index in [-0.39, 0.29) is 0 Å². The molecule has 2 nitrogen and oxygen atoms in total. The first-order valence-corrected chi connectivity index (χ1v) is 7.82. The maximum Gasteiger partial charge on any atom is 0.150 e. The highest BCUT2D eigenvalue weighted by atomic mass is 79.9. The molecule has 0 radical (unpaired) electrons. The average molecular weight is 350 g/mol. The minimum absolute atomic E-state index is 0.684. The van der Waals surface area contributed by atoms with Crippen LogP contribution in [-0.2, 0) is 0 Å². The maximum absolute atomic E-state index is 10.9. The molecule has 1 aromatic heterocycles. The predicted molar refractivity (Wildman–Crippen MR) is 93.9 cm³/mol. The molecule has 0 aliphatic heterocycles. The Kier molecular flexibility index (Phi) is 3.09. The summed E-state index contributed by atoms with van der Waals surface area (Å²) < 4.78 is 3.28. The van der Waals surface area contributed by atoms with Crippen LogP contribution in [0.1, 0.15) is 10.4 Å². The van der Waals surface area contributed by atoms with E-state index in [0.717, 1.165) is 27.5 Å². The van der Waals surface area contributed by atoms with Gasteiger partial charge < -0.3 is 4.57 Å². The van der Waals surface area contributed by atoms with E-state index in [9.17, 15) is 4.79 Å². The molecule has 0 N–H and O–H groups in total. The van der Waals surface area contributed by atoms with Crippen molar-refractivity contribution in [3.63, 3.8) is 0 Å². The number of aromatic nitrogens is 1. The van der Waals surface area contributed by atoms with E-state index >= 15 is 0 Å². The number of rotatable bonds is 2. The van der Waals surface area contributed by atoms with Crippen molar-refractivity contribution in [3.8, 4) is 5.69 Å². The Balaban J connectivity index is 2.15. The van der Waals surface area contributed by atoms with Gasteiger partial charge in [-0.05, 0) is 52.3 Å². The molecule has 0 bridgehead atoms. The first-order chi connectivity index (χ1) is 10.8. The molecular weight excluding hydrogens is 338 g/mol. The van der Waals surface area contributed by atoms with E-state index in [1.807, 2.05) is 30.3 Å². The van der Waals surface area contributed by atoms with E-state index in [2.05, 4.69) is 56.9 Å². The number of nitrogens with zero attached hydrogens (tertiary/aromatic N) is 1. The summed E-state index contributed by atoms with van der Waals surface area (Å²) in [6.45, 7) is 0. The first kappa shape index (κ1) is 13.3. The maximum atomic E-state index is 10.9. The van der Waals surface area contributed by atoms with Gasteiger partial charge in [0.25, 0.3) is 0 Å². The number of halogens is 1. The lowest BCUT2D eigenvalue weighted by molar-refractivity contribution is 0.112. The standard InChI is InChI=1S/C19H12BrNO/c20-17-6-3-5-16-15-4-1-2-7-18(15)21(19(16)17)14-10-8-13(12-22)9-11-14/h1-12H. The summed E-state index contributed by atoms with van der Waals surface area (Å²) >= 11 is 3.67. The van der Waals surface area contributed by atoms with Gasteiger partial charge in [0.2, 0.25) is 0 Å². The lowest BCUT2D eigenvalue weighted by Crippen LogP contribution is -1.94. The summed E-state index contributed by atoms with van der Waals surface area (Å²) in [6, 6.07) is 22.3. The highest BCUT2D eigenvalue weighted by molar-refractivity contribution is 9.10. The molecule has 0 amide bonds. The molecule has 3 heteroatoms. The van der Waals surface area contributed by atoms with Gasteiger partial charge in [0, 0.05) is 26.5 Å². The number of carbonyl (C=O) groups is 1. The number of fused-ring (bicyclic) bond motifs is 3. The van der Waals surface area contributed by atoms with Gasteiger partial charge in [-0.3, -0.25) is 4.79 Å². The number of carbonyl (C=O) groups excluding carboxylic acids is 1. The van der Waals surface area contributed by atoms with Crippen LogP contribution in [0.4, 0.5) is 0 Å². The molecule has 0 unspecified atom stereocenters. The molecule has 22 heavy (non-hydrogen) atoms. The minimum atomic E-state index is 0.684. The summed E-state index contributed by atoms with van der Waals surface area (Å²) in [5.74, 6) is 0. The van der Waals surface area contributed by atoms with E-state index in [1.54, 1.807) is 0 Å². The van der Waals surface area contributed by atoms with Crippen molar-refractivity contribution in [2.45, 2.75) is 0 Å². The molecule has 4 aromatic rings. The summed E-state index contributed by atoms with van der Waals surface area (Å²) in [5, 5.41) is 2.43. The lowest BCUT2D eigenvalue weighted by Gasteiger charge is -2.09. The Labute approximate surface area is 136 Å². The van der Waals surface area contributed by atoms with Crippen molar-refractivity contribution < 1.29 is 4.79 Å². The zero-order valence-electron chi connectivity index (χ0n) is 11.7. The van der Waals surface area contributed by atoms with Crippen molar-refractivity contribution in [1.82, 2.24) is 4.57 Å². The summed E-state index contributed by atoms with van der Waals surface area (Å²) in [5.41, 5.74) is 4.03. The first-order valence-electron chi connectivity index (χ1n) is 7.03. The highest BCUT2D eigenvalue weighted by Crippen LogP contribution is 2.35. The van der Waals surface area contributed by atoms with Gasteiger partial charge in [-0.15, -0.1) is 0 Å². The third-order valence-electron chi connectivity index (χ3n) is 3.93. The molecule has 0 spiro atoms. The van der Waals surface area contributed by atoms with Gasteiger partial charge in [0.1, 0.15) is 6.29 Å². The summed E-state index contributed by atoms with van der Waals surface area (Å²) in [6.07, 6.45) is 0.867. The zero-order chi connectivity index (χ0) is 15.1. The number of hydrogen-bond acceptors (Lipinski definition) is 1. The van der Waals surface area contributed by atoms with Gasteiger partial charge in [-0.1, -0.05) is 30.3 Å². The molecule has 1 heterocycles. The normalized spacial score (nSPS) is 11.1. The largest absolute Gasteiger partial charge is 0.308 e. The average Bonchev–Trinajstić information content (AvgIpc) is 2.91. The third-order valence-corrected chi connectivity index (χ3v) is 4.57. The molecule has 4 rings (SSSR count). The van der Waals surface area contributed by atoms with Gasteiger partial charge >= 0.3 is 0 Å². The van der Waals surface area contributed by atoms with Crippen LogP contribution < -0.4 is 0 Å². The molecule has 0 saturated carbocycles. The van der Waals surface area contributed by atoms with Crippen molar-refractivity contribution >= 4 is 44.0 Å². The quantitative estimate of drug-likeness (QED) is 0.446. The van der Waals surface area contributed by atoms with Gasteiger partial charge in [0.05, 0.1) is 11.0 Å². The fourth-order valence-corrected chi connectivity index (χ4v) is 3.49. The summed E-state index contributed by atoms with van der Waals surface area (Å²) in [4.78, 5) is 10.9. The molecule has 0 aliphatic rings. The van der Waals surface area contributed by atoms with Crippen LogP contribution >= 0.6 is 15.9 Å². The molecule has 3 aromatic carbocycles. The molecule has 0 saturated heterocycles. The Morgan fingerprint density at radius 1 is 0.818 bits per heavy atom. The number of benzene rings is 3. The molecule has 0 fully saturated rings. The number of hydrogen-bond donors (Lipinski definition) is 0. The smallest absolute Gasteiger partial charge is 0.150 e. The van der Waals surface area contributed by atoms with Crippen LogP contribution in [0.15, 0.2) is 71.2 Å². The minimum Gasteiger partial charge on any atom is -0.308 e. The summed E-state index contributed by atoms with van der Waals surface area (Å²) in [7, 11) is 0. The molecule has 0 atom stereocenters. The Bertz CT molecular complexity index is 999. The second kappa shape index (κ2) is 5.11. The van der Waals surface area contributed by atoms with Gasteiger partial charge in [0.15, 0.2) is 0 Å². The monoisotopic (exact) mass is 349 g/mol. The van der Waals surface area contributed by atoms with Gasteiger partial charge in [-0.2, -0.15) is 0 Å². The fourth-order valence-electron chi connectivity index (χ4n) is 2.95. The Morgan fingerprint density at radius 3 is 2.32 bits per heavy atom.